The van der Waals surface area contributed by atoms with Gasteiger partial charge in [-0.2, -0.15) is 33.6 Å². The summed E-state index contributed by atoms with van der Waals surface area (Å²) in [5.74, 6) is 0.665. The van der Waals surface area contributed by atoms with Gasteiger partial charge in [0.15, 0.2) is 5.69 Å². The minimum Gasteiger partial charge on any atom is -0.496 e. The fraction of sp³-hybridized carbons (Fsp3) is 0.239. The topological polar surface area (TPSA) is 237 Å². The van der Waals surface area contributed by atoms with E-state index in [1.54, 1.807) is 119 Å². The molecule has 2 unspecified atom stereocenters. The fourth-order valence-electron chi connectivity index (χ4n) is 17.9. The number of piperidine rings is 1. The number of methoxy groups -OCH3 is 1. The van der Waals surface area contributed by atoms with Crippen molar-refractivity contribution in [2.24, 2.45) is 0 Å². The molecule has 0 saturated carbocycles. The molecule has 2 saturated heterocycles. The van der Waals surface area contributed by atoms with Crippen LogP contribution in [0.3, 0.4) is 0 Å². The Balaban J connectivity index is 0.000000139. The van der Waals surface area contributed by atoms with Gasteiger partial charge in [0.2, 0.25) is 0 Å². The minimum absolute atomic E-state index is 0.00338. The summed E-state index contributed by atoms with van der Waals surface area (Å²) < 4.78 is 87.7. The number of hydrogen-bond acceptors (Lipinski definition) is 16. The number of anilines is 1. The van der Waals surface area contributed by atoms with E-state index in [0.717, 1.165) is 140 Å². The molecule has 5 amide bonds. The second-order valence-corrected chi connectivity index (χ2v) is 41.3. The van der Waals surface area contributed by atoms with Crippen molar-refractivity contribution in [2.45, 2.75) is 155 Å². The maximum atomic E-state index is 14.0. The number of nitrogens with zero attached hydrogens (tertiary/aromatic N) is 13. The summed E-state index contributed by atoms with van der Waals surface area (Å²) in [6, 6.07) is 96.8. The third-order valence-electron chi connectivity index (χ3n) is 25.1. The number of hydrogen-bond donors (Lipinski definition) is 1. The molecule has 2 atom stereocenters. The summed E-state index contributed by atoms with van der Waals surface area (Å²) >= 11 is 10.8. The lowest BCUT2D eigenvalue weighted by Crippen LogP contribution is -2.48. The van der Waals surface area contributed by atoms with E-state index in [1.165, 1.54) is 38.8 Å². The standard InChI is InChI=1S/C25H29N3O2.C25H25N3OS.C23H20ClN3OS.C23H18F3N3OS.C21H26N2O4S/c1-3-9-23-22(18-26-28(23)20-10-5-4-6-11-20)25(29)27-16-14-19(15-17-27)21-12-7-8-13-24(21)30-2;1-2-10-24-23(17-26-28(24)21-13-7-4-8-14-21)25(29)27(19-22-15-9-16-30-22)18-20-11-5-3-6-12-20;1-17-22(14-25-27(17)20-11-9-19(24)10-12-20)23(28)26(16-21-8-5-13-29-21)15-18-6-3-2-4-7-18;24-23(25,26)21-20(14-27-29(21)18-10-5-2-6-11-18)22(30)28(16-19-12-7-13-31-19)15-17-8-3-1-4-9-17;1-14-5-6-15(2)20(11-14)28(25,26)22-19-9-7-18(8-10-19)21(24)23-12-16(3)27-17(4)13-23/h4-8,10-13,18-19H,3,9,14-17H2,1-2H3;3-9,11-17H,2,10,18-19H2,1H3;2-14H,15-16H2,1H3;1-14H,15-16H2;5-11,16-17,22H,12-13H2,1-4H3. The number of likely N-dealkylation sites (tertiary alicyclic amines) is 1. The molecular weight excluding hydrogens is 1970 g/mol. The summed E-state index contributed by atoms with van der Waals surface area (Å²) in [6.07, 6.45) is 6.80. The van der Waals surface area contributed by atoms with E-state index in [-0.39, 0.29) is 59.5 Å². The molecule has 0 spiro atoms. The highest BCUT2D eigenvalue weighted by atomic mass is 35.5. The zero-order valence-electron chi connectivity index (χ0n) is 83.7. The number of carbonyl (C=O) groups is 5. The van der Waals surface area contributed by atoms with Crippen LogP contribution in [0, 0.1) is 20.8 Å². The molecule has 0 aliphatic carbocycles. The third kappa shape index (κ3) is 28.1. The van der Waals surface area contributed by atoms with Crippen molar-refractivity contribution in [3.8, 4) is 28.5 Å². The van der Waals surface area contributed by atoms with Gasteiger partial charge in [-0.15, -0.1) is 34.0 Å². The zero-order chi connectivity index (χ0) is 104. The van der Waals surface area contributed by atoms with Crippen LogP contribution >= 0.6 is 45.6 Å². The van der Waals surface area contributed by atoms with Gasteiger partial charge in [-0.1, -0.05) is 232 Å². The van der Waals surface area contributed by atoms with Gasteiger partial charge in [0, 0.05) is 76.7 Å². The van der Waals surface area contributed by atoms with Crippen LogP contribution in [0.15, 0.2) is 355 Å². The molecule has 23 nitrogen and oxygen atoms in total. The number of morpholine rings is 1. The van der Waals surface area contributed by atoms with E-state index < -0.39 is 33.4 Å². The number of carbonyl (C=O) groups excluding carboxylic acids is 5. The molecule has 762 valence electrons. The normalized spacial score (nSPS) is 13.5. The maximum absolute atomic E-state index is 14.0. The Bertz CT molecular complexity index is 7270. The van der Waals surface area contributed by atoms with E-state index in [0.29, 0.717) is 78.2 Å². The number of alkyl halides is 3. The Kier molecular flexibility index (Phi) is 37.3. The van der Waals surface area contributed by atoms with Crippen molar-refractivity contribution in [3.63, 3.8) is 0 Å². The Hall–Kier alpha value is -14.9. The largest absolute Gasteiger partial charge is 0.496 e. The predicted octanol–water partition coefficient (Wildman–Crippen LogP) is 25.5. The number of rotatable bonds is 30. The Morgan fingerprint density at radius 3 is 1.32 bits per heavy atom. The molecule has 1 N–H and O–H groups in total. The number of ether oxygens (including phenoxy) is 2. The average molecular weight is 2090 g/mol. The number of aromatic nitrogens is 8. The highest BCUT2D eigenvalue weighted by Gasteiger charge is 2.42. The van der Waals surface area contributed by atoms with Crippen molar-refractivity contribution >= 4 is 90.9 Å². The molecule has 2 aliphatic rings. The summed E-state index contributed by atoms with van der Waals surface area (Å²) in [5, 5.41) is 24.1. The SMILES string of the molecule is CCCc1c(C(=O)N(Cc2ccccc2)Cc2cccs2)cnn1-c1ccccc1.CCCc1c(C(=O)N2CCC(c3ccccc3OC)CC2)cnn1-c1ccccc1.Cc1c(C(=O)N(Cc2ccccc2)Cc2cccs2)cnn1-c1ccc(Cl)cc1.Cc1ccc(C)c(S(=O)(=O)Nc2ccc(C(=O)N3CC(C)OC(C)C3)cc2)c1.O=C(c1cnn(-c2ccccc2)c1C(F)(F)F)N(Cc1ccccc1)Cc1cccs1. The van der Waals surface area contributed by atoms with Gasteiger partial charge in [0.05, 0.1) is 131 Å². The van der Waals surface area contributed by atoms with Crippen LogP contribution < -0.4 is 9.46 Å². The van der Waals surface area contributed by atoms with Crippen LogP contribution in [0.1, 0.15) is 182 Å². The van der Waals surface area contributed by atoms with Gasteiger partial charge in [-0.25, -0.2) is 27.1 Å². The maximum Gasteiger partial charge on any atom is 0.434 e. The second-order valence-electron chi connectivity index (χ2n) is 36.1. The smallest absolute Gasteiger partial charge is 0.434 e. The van der Waals surface area contributed by atoms with E-state index in [1.807, 2.05) is 269 Å². The Labute approximate surface area is 879 Å². The zero-order valence-corrected chi connectivity index (χ0v) is 87.7. The molecule has 9 heterocycles. The van der Waals surface area contributed by atoms with Crippen molar-refractivity contribution in [3.05, 3.63) is 454 Å². The number of aryl methyl sites for hydroxylation is 2. The van der Waals surface area contributed by atoms with Gasteiger partial charge in [0.1, 0.15) is 5.75 Å². The molecular formula is C117H118ClF3N14O9S4. The molecule has 0 radical (unpaired) electrons. The van der Waals surface area contributed by atoms with Crippen molar-refractivity contribution in [2.75, 3.05) is 38.0 Å². The van der Waals surface area contributed by atoms with E-state index in [2.05, 4.69) is 80.7 Å². The molecule has 31 heteroatoms. The van der Waals surface area contributed by atoms with Gasteiger partial charge in [-0.3, -0.25) is 28.7 Å². The summed E-state index contributed by atoms with van der Waals surface area (Å²) in [6.45, 7) is 19.0. The van der Waals surface area contributed by atoms with Crippen LogP contribution in [0.4, 0.5) is 18.9 Å². The molecule has 2 aliphatic heterocycles. The fourth-order valence-corrected chi connectivity index (χ4v) is 21.6. The van der Waals surface area contributed by atoms with E-state index in [9.17, 15) is 45.6 Å². The molecule has 0 bridgehead atoms. The molecule has 10 aromatic carbocycles. The lowest BCUT2D eigenvalue weighted by atomic mass is 9.88. The predicted molar refractivity (Wildman–Crippen MR) is 580 cm³/mol. The van der Waals surface area contributed by atoms with Crippen molar-refractivity contribution in [1.82, 2.24) is 63.6 Å². The summed E-state index contributed by atoms with van der Waals surface area (Å²) in [7, 11) is -1.98. The summed E-state index contributed by atoms with van der Waals surface area (Å²) in [4.78, 5) is 79.0. The molecule has 17 aromatic rings. The number of benzene rings is 10. The molecule has 148 heavy (non-hydrogen) atoms. The van der Waals surface area contributed by atoms with Gasteiger partial charge in [-0.05, 0) is 231 Å². The first-order valence-corrected chi connectivity index (χ1v) is 53.6. The molecule has 19 rings (SSSR count). The third-order valence-corrected chi connectivity index (χ3v) is 29.5. The Morgan fingerprint density at radius 1 is 0.453 bits per heavy atom. The Morgan fingerprint density at radius 2 is 0.858 bits per heavy atom. The number of amides is 5. The number of halogens is 4. The number of nitrogens with one attached hydrogen (secondary N) is 1. The van der Waals surface area contributed by atoms with Crippen LogP contribution in [-0.2, 0) is 73.0 Å². The average Bonchev–Trinajstić information content (AvgIpc) is 1.62. The lowest BCUT2D eigenvalue weighted by Gasteiger charge is -2.35. The van der Waals surface area contributed by atoms with Crippen LogP contribution in [0.2, 0.25) is 5.02 Å². The van der Waals surface area contributed by atoms with Gasteiger partial charge in [0.25, 0.3) is 39.6 Å². The monoisotopic (exact) mass is 2080 g/mol. The van der Waals surface area contributed by atoms with Crippen molar-refractivity contribution < 1.29 is 55.0 Å². The van der Waals surface area contributed by atoms with E-state index >= 15 is 0 Å². The second kappa shape index (κ2) is 51.4. The van der Waals surface area contributed by atoms with Crippen LogP contribution in [0.25, 0.3) is 22.7 Å². The first kappa shape index (κ1) is 107. The van der Waals surface area contributed by atoms with Crippen LogP contribution in [-0.4, -0.2) is 147 Å². The highest BCUT2D eigenvalue weighted by molar-refractivity contribution is 7.92. The number of thiophene rings is 3. The lowest BCUT2D eigenvalue weighted by molar-refractivity contribution is -0.143. The molecule has 2 fully saturated rings. The number of sulfonamides is 1. The quantitative estimate of drug-likeness (QED) is 0.0441. The van der Waals surface area contributed by atoms with Crippen LogP contribution in [0.5, 0.6) is 5.75 Å². The number of para-hydroxylation sites is 4. The minimum atomic E-state index is -4.75. The van der Waals surface area contributed by atoms with Crippen molar-refractivity contribution in [1.29, 1.82) is 0 Å². The first-order chi connectivity index (χ1) is 71.7. The summed E-state index contributed by atoms with van der Waals surface area (Å²) in [5.41, 5.74) is 13.1. The first-order valence-electron chi connectivity index (χ1n) is 49.1. The van der Waals surface area contributed by atoms with Gasteiger partial charge < -0.3 is 34.0 Å². The highest BCUT2D eigenvalue weighted by Crippen LogP contribution is 2.38. The van der Waals surface area contributed by atoms with E-state index in [4.69, 9.17) is 21.1 Å². The molecule has 7 aromatic heterocycles. The van der Waals surface area contributed by atoms with Gasteiger partial charge >= 0.3 is 6.18 Å².